The van der Waals surface area contributed by atoms with Gasteiger partial charge >= 0.3 is 5.97 Å². The molecule has 122 valence electrons. The molecule has 3 aromatic rings. The van der Waals surface area contributed by atoms with Gasteiger partial charge in [0.25, 0.3) is 0 Å². The Morgan fingerprint density at radius 3 is 2.54 bits per heavy atom. The zero-order valence-corrected chi connectivity index (χ0v) is 13.4. The quantitative estimate of drug-likeness (QED) is 0.665. The molecule has 0 bridgehead atoms. The molecule has 1 heterocycles. The van der Waals surface area contributed by atoms with Crippen LogP contribution in [-0.2, 0) is 11.3 Å². The van der Waals surface area contributed by atoms with Crippen molar-refractivity contribution in [1.82, 2.24) is 5.16 Å². The molecule has 0 atom stereocenters. The summed E-state index contributed by atoms with van der Waals surface area (Å²) in [6.07, 6.45) is 0. The SMILES string of the molecule is Cc1cc(C)cc(C(=O)OCc2cc(-c3ccccc3F)on2)c1. The molecule has 0 fully saturated rings. The minimum absolute atomic E-state index is 0.0379. The largest absolute Gasteiger partial charge is 0.455 e. The summed E-state index contributed by atoms with van der Waals surface area (Å²) in [4.78, 5) is 12.1. The van der Waals surface area contributed by atoms with Gasteiger partial charge in [0.1, 0.15) is 18.1 Å². The summed E-state index contributed by atoms with van der Waals surface area (Å²) in [5, 5.41) is 3.82. The van der Waals surface area contributed by atoms with Crippen LogP contribution in [0.2, 0.25) is 0 Å². The van der Waals surface area contributed by atoms with Crippen molar-refractivity contribution in [3.63, 3.8) is 0 Å². The summed E-state index contributed by atoms with van der Waals surface area (Å²) in [7, 11) is 0. The number of ether oxygens (including phenoxy) is 1. The number of nitrogens with zero attached hydrogens (tertiary/aromatic N) is 1. The summed E-state index contributed by atoms with van der Waals surface area (Å²) in [6.45, 7) is 3.80. The number of rotatable bonds is 4. The van der Waals surface area contributed by atoms with Gasteiger partial charge in [-0.05, 0) is 38.1 Å². The number of benzene rings is 2. The number of aryl methyl sites for hydroxylation is 2. The second-order valence-electron chi connectivity index (χ2n) is 5.61. The van der Waals surface area contributed by atoms with E-state index in [-0.39, 0.29) is 6.61 Å². The van der Waals surface area contributed by atoms with Gasteiger partial charge in [-0.25, -0.2) is 9.18 Å². The summed E-state index contributed by atoms with van der Waals surface area (Å²) in [5.74, 6) is -0.532. The lowest BCUT2D eigenvalue weighted by atomic mass is 10.1. The highest BCUT2D eigenvalue weighted by Gasteiger charge is 2.13. The van der Waals surface area contributed by atoms with Crippen LogP contribution in [0.3, 0.4) is 0 Å². The molecule has 0 saturated carbocycles. The Kier molecular flexibility index (Phi) is 4.42. The summed E-state index contributed by atoms with van der Waals surface area (Å²) in [6, 6.07) is 13.3. The van der Waals surface area contributed by atoms with E-state index in [4.69, 9.17) is 9.26 Å². The average Bonchev–Trinajstić information content (AvgIpc) is 3.01. The van der Waals surface area contributed by atoms with Crippen molar-refractivity contribution in [3.05, 3.63) is 76.7 Å². The third-order valence-electron chi connectivity index (χ3n) is 3.51. The molecule has 24 heavy (non-hydrogen) atoms. The maximum atomic E-state index is 13.7. The standard InChI is InChI=1S/C19H16FNO3/c1-12-7-13(2)9-14(8-12)19(22)23-11-15-10-18(24-21-15)16-5-3-4-6-17(16)20/h3-10H,11H2,1-2H3. The lowest BCUT2D eigenvalue weighted by molar-refractivity contribution is 0.0464. The Balaban J connectivity index is 1.69. The Hall–Kier alpha value is -2.95. The van der Waals surface area contributed by atoms with Crippen molar-refractivity contribution < 1.29 is 18.4 Å². The summed E-state index contributed by atoms with van der Waals surface area (Å²) in [5.41, 5.74) is 3.21. The fraction of sp³-hybridized carbons (Fsp3) is 0.158. The number of hydrogen-bond acceptors (Lipinski definition) is 4. The lowest BCUT2D eigenvalue weighted by Gasteiger charge is -2.05. The third-order valence-corrected chi connectivity index (χ3v) is 3.51. The van der Waals surface area contributed by atoms with Crippen molar-refractivity contribution >= 4 is 5.97 Å². The molecule has 2 aromatic carbocycles. The first kappa shape index (κ1) is 15.9. The maximum Gasteiger partial charge on any atom is 0.338 e. The van der Waals surface area contributed by atoms with E-state index in [1.807, 2.05) is 19.9 Å². The van der Waals surface area contributed by atoms with Gasteiger partial charge in [0.05, 0.1) is 11.1 Å². The first-order valence-electron chi connectivity index (χ1n) is 7.49. The minimum Gasteiger partial charge on any atom is -0.455 e. The maximum absolute atomic E-state index is 13.7. The summed E-state index contributed by atoms with van der Waals surface area (Å²) < 4.78 is 24.1. The third kappa shape index (κ3) is 3.51. The number of carbonyl (C=O) groups is 1. The number of hydrogen-bond donors (Lipinski definition) is 0. The Morgan fingerprint density at radius 1 is 1.12 bits per heavy atom. The molecule has 0 aliphatic heterocycles. The molecule has 3 rings (SSSR count). The van der Waals surface area contributed by atoms with Crippen LogP contribution in [0.5, 0.6) is 0 Å². The normalized spacial score (nSPS) is 10.6. The lowest BCUT2D eigenvalue weighted by Crippen LogP contribution is -2.06. The van der Waals surface area contributed by atoms with E-state index in [0.29, 0.717) is 22.6 Å². The number of carbonyl (C=O) groups excluding carboxylic acids is 1. The van der Waals surface area contributed by atoms with E-state index in [1.165, 1.54) is 6.07 Å². The van der Waals surface area contributed by atoms with Crippen molar-refractivity contribution in [3.8, 4) is 11.3 Å². The molecule has 0 aliphatic carbocycles. The molecular weight excluding hydrogens is 309 g/mol. The molecule has 0 unspecified atom stereocenters. The predicted octanol–water partition coefficient (Wildman–Crippen LogP) is 4.45. The van der Waals surface area contributed by atoms with E-state index in [0.717, 1.165) is 11.1 Å². The molecule has 0 spiro atoms. The smallest absolute Gasteiger partial charge is 0.338 e. The van der Waals surface area contributed by atoms with E-state index in [2.05, 4.69) is 5.16 Å². The second kappa shape index (κ2) is 6.66. The van der Waals surface area contributed by atoms with E-state index in [9.17, 15) is 9.18 Å². The number of esters is 1. The molecule has 0 N–H and O–H groups in total. The minimum atomic E-state index is -0.433. The molecule has 0 radical (unpaired) electrons. The van der Waals surface area contributed by atoms with Gasteiger partial charge in [-0.2, -0.15) is 0 Å². The van der Waals surface area contributed by atoms with Crippen molar-refractivity contribution in [2.24, 2.45) is 0 Å². The summed E-state index contributed by atoms with van der Waals surface area (Å²) >= 11 is 0. The highest BCUT2D eigenvalue weighted by atomic mass is 19.1. The molecule has 0 amide bonds. The van der Waals surface area contributed by atoms with E-state index in [1.54, 1.807) is 36.4 Å². The predicted molar refractivity (Wildman–Crippen MR) is 86.9 cm³/mol. The van der Waals surface area contributed by atoms with Gasteiger partial charge in [-0.3, -0.25) is 0 Å². The van der Waals surface area contributed by atoms with Crippen LogP contribution in [0, 0.1) is 19.7 Å². The van der Waals surface area contributed by atoms with Gasteiger partial charge in [0, 0.05) is 6.07 Å². The Bertz CT molecular complexity index is 866. The van der Waals surface area contributed by atoms with Gasteiger partial charge < -0.3 is 9.26 Å². The molecule has 1 aromatic heterocycles. The zero-order chi connectivity index (χ0) is 17.1. The highest BCUT2D eigenvalue weighted by Crippen LogP contribution is 2.23. The first-order valence-corrected chi connectivity index (χ1v) is 7.49. The van der Waals surface area contributed by atoms with Crippen molar-refractivity contribution in [2.75, 3.05) is 0 Å². The van der Waals surface area contributed by atoms with E-state index < -0.39 is 11.8 Å². The van der Waals surface area contributed by atoms with Crippen molar-refractivity contribution in [1.29, 1.82) is 0 Å². The van der Waals surface area contributed by atoms with Gasteiger partial charge in [0.2, 0.25) is 0 Å². The zero-order valence-electron chi connectivity index (χ0n) is 13.4. The first-order chi connectivity index (χ1) is 11.5. The van der Waals surface area contributed by atoms with Crippen LogP contribution >= 0.6 is 0 Å². The van der Waals surface area contributed by atoms with Crippen LogP contribution in [0.1, 0.15) is 27.2 Å². The molecule has 4 nitrogen and oxygen atoms in total. The Labute approximate surface area is 138 Å². The highest BCUT2D eigenvalue weighted by molar-refractivity contribution is 5.89. The van der Waals surface area contributed by atoms with E-state index >= 15 is 0 Å². The molecular formula is C19H16FNO3. The number of halogens is 1. The second-order valence-corrected chi connectivity index (χ2v) is 5.61. The monoisotopic (exact) mass is 325 g/mol. The van der Waals surface area contributed by atoms with Crippen LogP contribution < -0.4 is 0 Å². The average molecular weight is 325 g/mol. The fourth-order valence-corrected chi connectivity index (χ4v) is 2.48. The molecule has 0 aliphatic rings. The van der Waals surface area contributed by atoms with Gasteiger partial charge in [-0.15, -0.1) is 0 Å². The topological polar surface area (TPSA) is 52.3 Å². The number of aromatic nitrogens is 1. The van der Waals surface area contributed by atoms with Crippen LogP contribution in [0.15, 0.2) is 53.1 Å². The Morgan fingerprint density at radius 2 is 1.83 bits per heavy atom. The molecule has 5 heteroatoms. The van der Waals surface area contributed by atoms with Crippen LogP contribution in [0.4, 0.5) is 4.39 Å². The van der Waals surface area contributed by atoms with Crippen LogP contribution in [-0.4, -0.2) is 11.1 Å². The molecule has 0 saturated heterocycles. The van der Waals surface area contributed by atoms with Crippen LogP contribution in [0.25, 0.3) is 11.3 Å². The van der Waals surface area contributed by atoms with Gasteiger partial charge in [0.15, 0.2) is 5.76 Å². The van der Waals surface area contributed by atoms with Crippen molar-refractivity contribution in [2.45, 2.75) is 20.5 Å². The van der Waals surface area contributed by atoms with Gasteiger partial charge in [-0.1, -0.05) is 34.5 Å². The fourth-order valence-electron chi connectivity index (χ4n) is 2.48.